The summed E-state index contributed by atoms with van der Waals surface area (Å²) in [6.45, 7) is 9.56. The fourth-order valence-electron chi connectivity index (χ4n) is 3.50. The number of aryl methyl sites for hydroxylation is 2. The first kappa shape index (κ1) is 18.5. The molecule has 1 aromatic carbocycles. The number of nitrogens with one attached hydrogen (secondary N) is 1. The van der Waals surface area contributed by atoms with Gasteiger partial charge in [-0.15, -0.1) is 0 Å². The summed E-state index contributed by atoms with van der Waals surface area (Å²) >= 11 is 6.24. The lowest BCUT2D eigenvalue weighted by molar-refractivity contribution is 0.0671. The normalized spacial score (nSPS) is 17.5. The Kier molecular flexibility index (Phi) is 5.10. The Hall–Kier alpha value is -2.27. The zero-order valence-corrected chi connectivity index (χ0v) is 16.4. The molecule has 0 spiro atoms. The van der Waals surface area contributed by atoms with Crippen molar-refractivity contribution in [1.82, 2.24) is 9.88 Å². The van der Waals surface area contributed by atoms with E-state index in [1.54, 1.807) is 18.7 Å². The average Bonchev–Trinajstić information content (AvgIpc) is 2.60. The largest absolute Gasteiger partial charge is 0.368 e. The number of carbonyl (C=O) groups is 1. The monoisotopic (exact) mass is 373 g/mol. The van der Waals surface area contributed by atoms with E-state index in [1.807, 2.05) is 6.92 Å². The van der Waals surface area contributed by atoms with Crippen LogP contribution in [0.15, 0.2) is 29.1 Å². The van der Waals surface area contributed by atoms with E-state index in [2.05, 4.69) is 41.1 Å². The molecule has 0 aliphatic carbocycles. The first-order valence-electron chi connectivity index (χ1n) is 8.81. The van der Waals surface area contributed by atoms with Gasteiger partial charge in [-0.3, -0.25) is 9.59 Å². The summed E-state index contributed by atoms with van der Waals surface area (Å²) in [6.07, 6.45) is 0. The maximum Gasteiger partial charge on any atom is 0.261 e. The van der Waals surface area contributed by atoms with Crippen molar-refractivity contribution in [2.75, 3.05) is 24.5 Å². The molecule has 1 aliphatic rings. The van der Waals surface area contributed by atoms with Crippen molar-refractivity contribution >= 4 is 23.2 Å². The summed E-state index contributed by atoms with van der Waals surface area (Å²) in [7, 11) is 0. The van der Waals surface area contributed by atoms with Gasteiger partial charge in [-0.25, -0.2) is 0 Å². The van der Waals surface area contributed by atoms with E-state index < -0.39 is 0 Å². The summed E-state index contributed by atoms with van der Waals surface area (Å²) < 4.78 is 0. The summed E-state index contributed by atoms with van der Waals surface area (Å²) in [5, 5.41) is 0.443. The van der Waals surface area contributed by atoms with Crippen LogP contribution in [0.25, 0.3) is 0 Å². The van der Waals surface area contributed by atoms with Crippen LogP contribution >= 0.6 is 11.6 Å². The molecule has 1 amide bonds. The van der Waals surface area contributed by atoms with Crippen LogP contribution in [-0.2, 0) is 0 Å². The number of pyridine rings is 1. The van der Waals surface area contributed by atoms with Gasteiger partial charge >= 0.3 is 0 Å². The average molecular weight is 374 g/mol. The summed E-state index contributed by atoms with van der Waals surface area (Å²) in [4.78, 5) is 32.1. The number of nitrogens with zero attached hydrogens (tertiary/aromatic N) is 2. The minimum Gasteiger partial charge on any atom is -0.368 e. The van der Waals surface area contributed by atoms with E-state index in [4.69, 9.17) is 11.6 Å². The number of anilines is 1. The van der Waals surface area contributed by atoms with Gasteiger partial charge in [0.25, 0.3) is 11.5 Å². The van der Waals surface area contributed by atoms with Crippen molar-refractivity contribution in [1.29, 1.82) is 0 Å². The van der Waals surface area contributed by atoms with Crippen molar-refractivity contribution in [3.63, 3.8) is 0 Å². The van der Waals surface area contributed by atoms with Crippen LogP contribution in [0.5, 0.6) is 0 Å². The lowest BCUT2D eigenvalue weighted by Crippen LogP contribution is -2.55. The number of hydrogen-bond acceptors (Lipinski definition) is 3. The zero-order valence-electron chi connectivity index (χ0n) is 15.6. The molecule has 0 unspecified atom stereocenters. The molecule has 6 heteroatoms. The Morgan fingerprint density at radius 3 is 2.42 bits per heavy atom. The number of amides is 1. The SMILES string of the molecule is Cc1ccc(N2CCN(C(=O)c3c(C)c(Cl)c(C)[nH]c3=O)[C@@H](C)C2)cc1. The minimum atomic E-state index is -0.373. The van der Waals surface area contributed by atoms with Crippen LogP contribution in [0.4, 0.5) is 5.69 Å². The highest BCUT2D eigenvalue weighted by Gasteiger charge is 2.31. The molecular weight excluding hydrogens is 350 g/mol. The number of hydrogen-bond donors (Lipinski definition) is 1. The summed E-state index contributed by atoms with van der Waals surface area (Å²) in [5.74, 6) is -0.248. The van der Waals surface area contributed by atoms with Gasteiger partial charge < -0.3 is 14.8 Å². The van der Waals surface area contributed by atoms with Gasteiger partial charge in [-0.05, 0) is 45.4 Å². The Morgan fingerprint density at radius 1 is 1.15 bits per heavy atom. The van der Waals surface area contributed by atoms with Crippen molar-refractivity contribution < 1.29 is 4.79 Å². The van der Waals surface area contributed by atoms with Crippen molar-refractivity contribution in [3.05, 3.63) is 62.0 Å². The molecule has 138 valence electrons. The Balaban J connectivity index is 1.82. The Labute approximate surface area is 158 Å². The van der Waals surface area contributed by atoms with Gasteiger partial charge in [0, 0.05) is 37.1 Å². The minimum absolute atomic E-state index is 0.00330. The lowest BCUT2D eigenvalue weighted by Gasteiger charge is -2.41. The predicted octanol–water partition coefficient (Wildman–Crippen LogP) is 3.30. The number of benzene rings is 1. The second-order valence-corrected chi connectivity index (χ2v) is 7.40. The maximum absolute atomic E-state index is 13.0. The third-order valence-corrected chi connectivity index (χ3v) is 5.63. The summed E-state index contributed by atoms with van der Waals surface area (Å²) in [6, 6.07) is 8.39. The molecule has 1 atom stereocenters. The second kappa shape index (κ2) is 7.16. The van der Waals surface area contributed by atoms with Crippen molar-refractivity contribution in [3.8, 4) is 0 Å². The first-order chi connectivity index (χ1) is 12.3. The lowest BCUT2D eigenvalue weighted by atomic mass is 10.1. The predicted molar refractivity (Wildman–Crippen MR) is 105 cm³/mol. The molecule has 0 saturated carbocycles. The topological polar surface area (TPSA) is 56.4 Å². The molecule has 1 N–H and O–H groups in total. The molecule has 5 nitrogen and oxygen atoms in total. The fourth-order valence-corrected chi connectivity index (χ4v) is 3.64. The number of aromatic nitrogens is 1. The highest BCUT2D eigenvalue weighted by Crippen LogP contribution is 2.23. The number of halogens is 1. The van der Waals surface area contributed by atoms with E-state index in [-0.39, 0.29) is 23.1 Å². The molecule has 1 fully saturated rings. The van der Waals surface area contributed by atoms with Gasteiger partial charge in [-0.1, -0.05) is 29.3 Å². The first-order valence-corrected chi connectivity index (χ1v) is 9.19. The van der Waals surface area contributed by atoms with Gasteiger partial charge in [0.15, 0.2) is 0 Å². The second-order valence-electron chi connectivity index (χ2n) is 7.02. The van der Waals surface area contributed by atoms with Crippen LogP contribution in [0.2, 0.25) is 5.02 Å². The number of H-pyrrole nitrogens is 1. The van der Waals surface area contributed by atoms with Crippen LogP contribution in [0.3, 0.4) is 0 Å². The zero-order chi connectivity index (χ0) is 19.0. The molecule has 0 bridgehead atoms. The Morgan fingerprint density at radius 2 is 1.81 bits per heavy atom. The fraction of sp³-hybridized carbons (Fsp3) is 0.400. The number of carbonyl (C=O) groups excluding carboxylic acids is 1. The Bertz CT molecular complexity index is 889. The molecular formula is C20H24ClN3O2. The van der Waals surface area contributed by atoms with Gasteiger partial charge in [0.2, 0.25) is 0 Å². The van der Waals surface area contributed by atoms with E-state index in [1.165, 1.54) is 5.56 Å². The van der Waals surface area contributed by atoms with Crippen molar-refractivity contribution in [2.45, 2.75) is 33.7 Å². The van der Waals surface area contributed by atoms with Crippen molar-refractivity contribution in [2.24, 2.45) is 0 Å². The molecule has 1 aliphatic heterocycles. The van der Waals surface area contributed by atoms with E-state index in [0.29, 0.717) is 22.8 Å². The molecule has 1 aromatic heterocycles. The highest BCUT2D eigenvalue weighted by molar-refractivity contribution is 6.32. The molecule has 1 saturated heterocycles. The third kappa shape index (κ3) is 3.36. The van der Waals surface area contributed by atoms with E-state index >= 15 is 0 Å². The third-order valence-electron chi connectivity index (χ3n) is 5.06. The van der Waals surface area contributed by atoms with Crippen LogP contribution in [-0.4, -0.2) is 41.5 Å². The van der Waals surface area contributed by atoms with Gasteiger partial charge in [0.05, 0.1) is 5.02 Å². The smallest absolute Gasteiger partial charge is 0.261 e. The van der Waals surface area contributed by atoms with E-state index in [9.17, 15) is 9.59 Å². The number of piperazine rings is 1. The molecule has 2 aromatic rings. The standard InChI is InChI=1S/C20H24ClN3O2/c1-12-5-7-16(8-6-12)23-9-10-24(13(2)11-23)20(26)17-14(3)18(21)15(4)22-19(17)25/h5-8,13H,9-11H2,1-4H3,(H,22,25)/t13-/m0/s1. The molecule has 26 heavy (non-hydrogen) atoms. The number of rotatable bonds is 2. The maximum atomic E-state index is 13.0. The molecule has 3 rings (SSSR count). The molecule has 0 radical (unpaired) electrons. The van der Waals surface area contributed by atoms with Crippen LogP contribution in [0.1, 0.15) is 34.1 Å². The molecule has 2 heterocycles. The summed E-state index contributed by atoms with van der Waals surface area (Å²) in [5.41, 5.74) is 3.29. The van der Waals surface area contributed by atoms with Gasteiger partial charge in [0.1, 0.15) is 5.56 Å². The van der Waals surface area contributed by atoms with E-state index in [0.717, 1.165) is 18.8 Å². The van der Waals surface area contributed by atoms with Crippen LogP contribution in [0, 0.1) is 20.8 Å². The number of aromatic amines is 1. The highest BCUT2D eigenvalue weighted by atomic mass is 35.5. The van der Waals surface area contributed by atoms with Crippen LogP contribution < -0.4 is 10.5 Å². The van der Waals surface area contributed by atoms with Gasteiger partial charge in [-0.2, -0.15) is 0 Å². The quantitative estimate of drug-likeness (QED) is 0.878.